The number of benzene rings is 2. The van der Waals surface area contributed by atoms with Gasteiger partial charge in [-0.2, -0.15) is 0 Å². The SMILES string of the molecule is COc1cccc(N2C(=O)NC(=NC3CCCCC3)C23CCCN(Cc2ccccc2)C3)c1. The number of ether oxygens (including phenoxy) is 1. The fourth-order valence-electron chi connectivity index (χ4n) is 5.71. The van der Waals surface area contributed by atoms with Crippen LogP contribution in [0.2, 0.25) is 0 Å². The van der Waals surface area contributed by atoms with Gasteiger partial charge in [0.05, 0.1) is 18.8 Å². The van der Waals surface area contributed by atoms with Gasteiger partial charge in [0.25, 0.3) is 0 Å². The first-order valence-corrected chi connectivity index (χ1v) is 12.3. The number of urea groups is 1. The topological polar surface area (TPSA) is 57.2 Å². The zero-order chi connectivity index (χ0) is 22.7. The van der Waals surface area contributed by atoms with Crippen LogP contribution in [0.1, 0.15) is 50.5 Å². The molecule has 1 spiro atoms. The molecule has 2 amide bonds. The quantitative estimate of drug-likeness (QED) is 0.704. The molecule has 6 nitrogen and oxygen atoms in total. The van der Waals surface area contributed by atoms with Crippen molar-refractivity contribution in [2.24, 2.45) is 4.99 Å². The van der Waals surface area contributed by atoms with E-state index < -0.39 is 5.54 Å². The third-order valence-electron chi connectivity index (χ3n) is 7.29. The average Bonchev–Trinajstić information content (AvgIpc) is 3.10. The van der Waals surface area contributed by atoms with Crippen LogP contribution in [-0.4, -0.2) is 48.5 Å². The van der Waals surface area contributed by atoms with Gasteiger partial charge in [-0.1, -0.05) is 55.7 Å². The Bertz CT molecular complexity index is 1000. The second kappa shape index (κ2) is 9.56. The van der Waals surface area contributed by atoms with E-state index in [2.05, 4.69) is 40.5 Å². The Morgan fingerprint density at radius 3 is 2.67 bits per heavy atom. The number of hydrogen-bond acceptors (Lipinski definition) is 4. The Morgan fingerprint density at radius 1 is 1.06 bits per heavy atom. The lowest BCUT2D eigenvalue weighted by Crippen LogP contribution is -2.60. The summed E-state index contributed by atoms with van der Waals surface area (Å²) in [5, 5.41) is 3.20. The molecule has 3 fully saturated rings. The van der Waals surface area contributed by atoms with Crippen LogP contribution < -0.4 is 15.0 Å². The van der Waals surface area contributed by atoms with Gasteiger partial charge in [0.2, 0.25) is 0 Å². The molecule has 33 heavy (non-hydrogen) atoms. The summed E-state index contributed by atoms with van der Waals surface area (Å²) < 4.78 is 5.47. The molecule has 2 aromatic rings. The molecule has 2 aromatic carbocycles. The predicted octanol–water partition coefficient (Wildman–Crippen LogP) is 4.99. The van der Waals surface area contributed by atoms with E-state index in [0.29, 0.717) is 6.04 Å². The molecule has 174 valence electrons. The summed E-state index contributed by atoms with van der Waals surface area (Å²) in [6.07, 6.45) is 7.89. The van der Waals surface area contributed by atoms with Gasteiger partial charge in [-0.05, 0) is 49.9 Å². The lowest BCUT2D eigenvalue weighted by molar-refractivity contribution is 0.176. The van der Waals surface area contributed by atoms with E-state index in [1.807, 2.05) is 29.2 Å². The molecule has 1 atom stereocenters. The van der Waals surface area contributed by atoms with E-state index in [-0.39, 0.29) is 6.03 Å². The van der Waals surface area contributed by atoms with Crippen LogP contribution in [0.4, 0.5) is 10.5 Å². The number of methoxy groups -OCH3 is 1. The van der Waals surface area contributed by atoms with Crippen LogP contribution in [-0.2, 0) is 6.54 Å². The van der Waals surface area contributed by atoms with Crippen molar-refractivity contribution in [3.8, 4) is 5.75 Å². The molecule has 0 aromatic heterocycles. The van der Waals surface area contributed by atoms with Crippen LogP contribution in [0.25, 0.3) is 0 Å². The summed E-state index contributed by atoms with van der Waals surface area (Å²) in [7, 11) is 1.66. The molecule has 5 rings (SSSR count). The maximum Gasteiger partial charge on any atom is 0.328 e. The molecule has 2 saturated heterocycles. The van der Waals surface area contributed by atoms with E-state index in [1.54, 1.807) is 7.11 Å². The summed E-state index contributed by atoms with van der Waals surface area (Å²) in [6.45, 7) is 2.66. The minimum absolute atomic E-state index is 0.0839. The van der Waals surface area contributed by atoms with Gasteiger partial charge in [-0.15, -0.1) is 0 Å². The minimum atomic E-state index is -0.478. The molecule has 3 aliphatic rings. The maximum atomic E-state index is 13.4. The second-order valence-electron chi connectivity index (χ2n) is 9.57. The number of rotatable bonds is 5. The van der Waals surface area contributed by atoms with E-state index in [1.165, 1.54) is 24.8 Å². The van der Waals surface area contributed by atoms with E-state index in [9.17, 15) is 4.79 Å². The van der Waals surface area contributed by atoms with Gasteiger partial charge in [-0.25, -0.2) is 4.79 Å². The molecule has 0 bridgehead atoms. The fourth-order valence-corrected chi connectivity index (χ4v) is 5.71. The molecule has 2 heterocycles. The largest absolute Gasteiger partial charge is 0.497 e. The average molecular weight is 447 g/mol. The Balaban J connectivity index is 1.52. The van der Waals surface area contributed by atoms with E-state index in [4.69, 9.17) is 9.73 Å². The van der Waals surface area contributed by atoms with Crippen LogP contribution in [0.5, 0.6) is 5.75 Å². The molecule has 1 unspecified atom stereocenters. The Kier molecular flexibility index (Phi) is 6.36. The molecule has 1 saturated carbocycles. The highest BCUT2D eigenvalue weighted by atomic mass is 16.5. The van der Waals surface area contributed by atoms with Crippen molar-refractivity contribution < 1.29 is 9.53 Å². The summed E-state index contributed by atoms with van der Waals surface area (Å²) >= 11 is 0. The number of carbonyl (C=O) groups is 1. The zero-order valence-electron chi connectivity index (χ0n) is 19.5. The van der Waals surface area contributed by atoms with Crippen LogP contribution >= 0.6 is 0 Å². The first-order chi connectivity index (χ1) is 16.2. The Labute approximate surface area is 196 Å². The normalized spacial score (nSPS) is 25.5. The first-order valence-electron chi connectivity index (χ1n) is 12.3. The number of nitrogens with one attached hydrogen (secondary N) is 1. The highest BCUT2D eigenvalue weighted by Gasteiger charge is 2.53. The number of carbonyl (C=O) groups excluding carboxylic acids is 1. The summed E-state index contributed by atoms with van der Waals surface area (Å²) in [5.41, 5.74) is 1.68. The second-order valence-corrected chi connectivity index (χ2v) is 9.57. The number of nitrogens with zero attached hydrogens (tertiary/aromatic N) is 3. The van der Waals surface area contributed by atoms with Crippen molar-refractivity contribution >= 4 is 17.6 Å². The molecule has 1 aliphatic carbocycles. The number of piperidine rings is 1. The molecule has 0 radical (unpaired) electrons. The lowest BCUT2D eigenvalue weighted by atomic mass is 9.85. The van der Waals surface area contributed by atoms with Crippen molar-refractivity contribution in [2.75, 3.05) is 25.1 Å². The van der Waals surface area contributed by atoms with Crippen LogP contribution in [0.15, 0.2) is 59.6 Å². The molecule has 1 N–H and O–H groups in total. The number of likely N-dealkylation sites (tertiary alicyclic amines) is 1. The predicted molar refractivity (Wildman–Crippen MR) is 132 cm³/mol. The standard InChI is InChI=1S/C27H34N4O2/c1-33-24-15-8-14-23(18-24)31-26(32)29-25(28-22-12-6-3-7-13-22)27(31)16-9-17-30(20-27)19-21-10-4-2-5-11-21/h2,4-5,8,10-11,14-15,18,22H,3,6-7,9,12-13,16-17,19-20H2,1H3,(H,28,29,32). The van der Waals surface area contributed by atoms with Crippen molar-refractivity contribution in [3.63, 3.8) is 0 Å². The van der Waals surface area contributed by atoms with Gasteiger partial charge in [0.1, 0.15) is 17.1 Å². The van der Waals surface area contributed by atoms with Gasteiger partial charge >= 0.3 is 6.03 Å². The maximum absolute atomic E-state index is 13.4. The van der Waals surface area contributed by atoms with Crippen LogP contribution in [0.3, 0.4) is 0 Å². The Hall–Kier alpha value is -2.86. The van der Waals surface area contributed by atoms with E-state index in [0.717, 1.165) is 62.6 Å². The van der Waals surface area contributed by atoms with Crippen molar-refractivity contribution in [2.45, 2.75) is 63.1 Å². The number of aliphatic imine (C=N–C) groups is 1. The third-order valence-corrected chi connectivity index (χ3v) is 7.29. The Morgan fingerprint density at radius 2 is 1.88 bits per heavy atom. The summed E-state index contributed by atoms with van der Waals surface area (Å²) in [5.74, 6) is 1.62. The first kappa shape index (κ1) is 22.0. The van der Waals surface area contributed by atoms with Gasteiger partial charge in [-0.3, -0.25) is 20.1 Å². The molecule has 6 heteroatoms. The highest BCUT2D eigenvalue weighted by molar-refractivity contribution is 6.19. The zero-order valence-corrected chi connectivity index (χ0v) is 19.5. The van der Waals surface area contributed by atoms with Gasteiger partial charge in [0, 0.05) is 19.2 Å². The summed E-state index contributed by atoms with van der Waals surface area (Å²) in [4.78, 5) is 23.1. The fraction of sp³-hybridized carbons (Fsp3) is 0.481. The van der Waals surface area contributed by atoms with Crippen LogP contribution in [0, 0.1) is 0 Å². The monoisotopic (exact) mass is 446 g/mol. The lowest BCUT2D eigenvalue weighted by Gasteiger charge is -2.45. The van der Waals surface area contributed by atoms with Crippen molar-refractivity contribution in [3.05, 3.63) is 60.2 Å². The van der Waals surface area contributed by atoms with Crippen molar-refractivity contribution in [1.29, 1.82) is 0 Å². The van der Waals surface area contributed by atoms with Gasteiger partial charge in [0.15, 0.2) is 0 Å². The molecular formula is C27H34N4O2. The molecule has 2 aliphatic heterocycles. The smallest absolute Gasteiger partial charge is 0.328 e. The number of amidine groups is 1. The minimum Gasteiger partial charge on any atom is -0.497 e. The van der Waals surface area contributed by atoms with Gasteiger partial charge < -0.3 is 4.74 Å². The summed E-state index contributed by atoms with van der Waals surface area (Å²) in [6, 6.07) is 18.7. The van der Waals surface area contributed by atoms with Crippen molar-refractivity contribution in [1.82, 2.24) is 10.2 Å². The van der Waals surface area contributed by atoms with E-state index >= 15 is 0 Å². The number of amides is 2. The number of anilines is 1. The third kappa shape index (κ3) is 4.49. The number of hydrogen-bond donors (Lipinski definition) is 1. The highest BCUT2D eigenvalue weighted by Crippen LogP contribution is 2.39. The molecular weight excluding hydrogens is 412 g/mol.